The van der Waals surface area contributed by atoms with Gasteiger partial charge in [0.1, 0.15) is 5.52 Å². The van der Waals surface area contributed by atoms with Gasteiger partial charge in [0.05, 0.1) is 5.69 Å². The number of aromatic nitrogens is 3. The third kappa shape index (κ3) is 2.18. The van der Waals surface area contributed by atoms with Crippen molar-refractivity contribution >= 4 is 5.52 Å². The number of hydrogen-bond acceptors (Lipinski definition) is 4. The van der Waals surface area contributed by atoms with Gasteiger partial charge in [0.15, 0.2) is 11.5 Å². The van der Waals surface area contributed by atoms with E-state index < -0.39 is 0 Å². The Morgan fingerprint density at radius 2 is 2.05 bits per heavy atom. The lowest BCUT2D eigenvalue weighted by molar-refractivity contribution is 0.404. The minimum atomic E-state index is 0.0832. The molecule has 0 radical (unpaired) electrons. The van der Waals surface area contributed by atoms with Crippen LogP contribution in [0.15, 0.2) is 42.7 Å². The number of aromatic hydroxyl groups is 1. The molecule has 5 nitrogen and oxygen atoms in total. The number of nitrogens with zero attached hydrogens (tertiary/aromatic N) is 3. The zero-order valence-electron chi connectivity index (χ0n) is 11.3. The molecular formula is C15H15N3O2. The van der Waals surface area contributed by atoms with Gasteiger partial charge in [-0.3, -0.25) is 0 Å². The van der Waals surface area contributed by atoms with Crippen molar-refractivity contribution in [1.29, 1.82) is 0 Å². The first-order valence-electron chi connectivity index (χ1n) is 6.45. The van der Waals surface area contributed by atoms with E-state index in [1.54, 1.807) is 41.2 Å². The van der Waals surface area contributed by atoms with Gasteiger partial charge in [0.25, 0.3) is 0 Å². The van der Waals surface area contributed by atoms with Crippen molar-refractivity contribution in [3.8, 4) is 17.4 Å². The molecule has 0 fully saturated rings. The first-order valence-corrected chi connectivity index (χ1v) is 6.45. The second kappa shape index (κ2) is 4.85. The predicted octanol–water partition coefficient (Wildman–Crippen LogP) is 3.35. The molecule has 0 atom stereocenters. The Hall–Kier alpha value is -2.56. The molecule has 0 aliphatic carbocycles. The van der Waals surface area contributed by atoms with Crippen LogP contribution in [0, 0.1) is 0 Å². The van der Waals surface area contributed by atoms with Gasteiger partial charge in [0, 0.05) is 12.4 Å². The highest BCUT2D eigenvalue weighted by Crippen LogP contribution is 2.31. The fourth-order valence-corrected chi connectivity index (χ4v) is 1.93. The van der Waals surface area contributed by atoms with Crippen molar-refractivity contribution < 1.29 is 9.84 Å². The van der Waals surface area contributed by atoms with Crippen LogP contribution in [0.25, 0.3) is 5.52 Å². The lowest BCUT2D eigenvalue weighted by atomic mass is 10.1. The summed E-state index contributed by atoms with van der Waals surface area (Å²) >= 11 is 0. The van der Waals surface area contributed by atoms with Crippen LogP contribution >= 0.6 is 0 Å². The predicted molar refractivity (Wildman–Crippen MR) is 75.3 cm³/mol. The monoisotopic (exact) mass is 269 g/mol. The SMILES string of the molecule is CC(C)c1cc2c(Oc3ccccc3O)nccn2n1. The Morgan fingerprint density at radius 3 is 2.80 bits per heavy atom. The Kier molecular flexibility index (Phi) is 3.02. The topological polar surface area (TPSA) is 59.7 Å². The van der Waals surface area contributed by atoms with Crippen LogP contribution in [0.5, 0.6) is 17.4 Å². The van der Waals surface area contributed by atoms with Crippen LogP contribution in [0.2, 0.25) is 0 Å². The molecule has 0 spiro atoms. The summed E-state index contributed by atoms with van der Waals surface area (Å²) in [5.41, 5.74) is 1.75. The minimum absolute atomic E-state index is 0.0832. The number of para-hydroxylation sites is 2. The van der Waals surface area contributed by atoms with Crippen LogP contribution in [-0.4, -0.2) is 19.7 Å². The zero-order chi connectivity index (χ0) is 14.1. The molecule has 102 valence electrons. The normalized spacial score (nSPS) is 11.2. The highest BCUT2D eigenvalue weighted by Gasteiger charge is 2.12. The molecule has 0 saturated carbocycles. The fourth-order valence-electron chi connectivity index (χ4n) is 1.93. The van der Waals surface area contributed by atoms with Crippen LogP contribution in [0.3, 0.4) is 0 Å². The van der Waals surface area contributed by atoms with Gasteiger partial charge in [-0.05, 0) is 24.1 Å². The van der Waals surface area contributed by atoms with Crippen LogP contribution in [0.4, 0.5) is 0 Å². The minimum Gasteiger partial charge on any atom is -0.504 e. The van der Waals surface area contributed by atoms with E-state index in [0.29, 0.717) is 17.5 Å². The highest BCUT2D eigenvalue weighted by molar-refractivity contribution is 5.58. The standard InChI is InChI=1S/C15H15N3O2/c1-10(2)11-9-12-15(16-7-8-18(12)17-11)20-14-6-4-3-5-13(14)19/h3-10,19H,1-2H3. The van der Waals surface area contributed by atoms with Crippen molar-refractivity contribution in [1.82, 2.24) is 14.6 Å². The van der Waals surface area contributed by atoms with Crippen molar-refractivity contribution in [2.75, 3.05) is 0 Å². The summed E-state index contributed by atoms with van der Waals surface area (Å²) in [5, 5.41) is 14.2. The molecule has 0 unspecified atom stereocenters. The van der Waals surface area contributed by atoms with E-state index in [4.69, 9.17) is 4.74 Å². The zero-order valence-corrected chi connectivity index (χ0v) is 11.3. The molecule has 3 rings (SSSR count). The van der Waals surface area contributed by atoms with Crippen LogP contribution < -0.4 is 4.74 Å². The lowest BCUT2D eigenvalue weighted by Gasteiger charge is -2.06. The van der Waals surface area contributed by atoms with Crippen molar-refractivity contribution in [3.63, 3.8) is 0 Å². The molecule has 1 N–H and O–H groups in total. The maximum Gasteiger partial charge on any atom is 0.245 e. The summed E-state index contributed by atoms with van der Waals surface area (Å²) in [7, 11) is 0. The van der Waals surface area contributed by atoms with E-state index in [9.17, 15) is 5.11 Å². The summed E-state index contributed by atoms with van der Waals surface area (Å²) in [5.74, 6) is 1.21. The number of fused-ring (bicyclic) bond motifs is 1. The number of rotatable bonds is 3. The smallest absolute Gasteiger partial charge is 0.245 e. The van der Waals surface area contributed by atoms with Gasteiger partial charge in [-0.25, -0.2) is 9.50 Å². The Labute approximate surface area is 116 Å². The van der Waals surface area contributed by atoms with Crippen molar-refractivity contribution in [3.05, 3.63) is 48.4 Å². The average molecular weight is 269 g/mol. The first kappa shape index (κ1) is 12.5. The van der Waals surface area contributed by atoms with Gasteiger partial charge >= 0.3 is 0 Å². The Balaban J connectivity index is 2.05. The molecule has 0 amide bonds. The second-order valence-corrected chi connectivity index (χ2v) is 4.86. The van der Waals surface area contributed by atoms with Gasteiger partial charge in [-0.2, -0.15) is 5.10 Å². The van der Waals surface area contributed by atoms with E-state index in [0.717, 1.165) is 11.2 Å². The summed E-state index contributed by atoms with van der Waals surface area (Å²) < 4.78 is 7.43. The number of benzene rings is 1. The summed E-state index contributed by atoms with van der Waals surface area (Å²) in [6.07, 6.45) is 3.40. The van der Waals surface area contributed by atoms with E-state index in [2.05, 4.69) is 23.9 Å². The molecule has 2 aromatic heterocycles. The molecule has 2 heterocycles. The third-order valence-electron chi connectivity index (χ3n) is 3.04. The number of ether oxygens (including phenoxy) is 1. The van der Waals surface area contributed by atoms with Gasteiger partial charge in [-0.1, -0.05) is 26.0 Å². The molecule has 0 bridgehead atoms. The Bertz CT molecular complexity index is 750. The molecule has 0 saturated heterocycles. The van der Waals surface area contributed by atoms with E-state index in [1.165, 1.54) is 0 Å². The van der Waals surface area contributed by atoms with E-state index in [-0.39, 0.29) is 5.75 Å². The van der Waals surface area contributed by atoms with Crippen LogP contribution in [0.1, 0.15) is 25.5 Å². The van der Waals surface area contributed by atoms with Gasteiger partial charge < -0.3 is 9.84 Å². The average Bonchev–Trinajstić information content (AvgIpc) is 2.86. The molecule has 1 aromatic carbocycles. The summed E-state index contributed by atoms with van der Waals surface area (Å²) in [4.78, 5) is 4.22. The highest BCUT2D eigenvalue weighted by atomic mass is 16.5. The number of hydrogen-bond donors (Lipinski definition) is 1. The molecule has 3 aromatic rings. The number of phenolic OH excluding ortho intramolecular Hbond substituents is 1. The van der Waals surface area contributed by atoms with Crippen molar-refractivity contribution in [2.45, 2.75) is 19.8 Å². The van der Waals surface area contributed by atoms with E-state index >= 15 is 0 Å². The first-order chi connectivity index (χ1) is 9.65. The largest absolute Gasteiger partial charge is 0.504 e. The van der Waals surface area contributed by atoms with Crippen LogP contribution in [-0.2, 0) is 0 Å². The molecule has 5 heteroatoms. The summed E-state index contributed by atoms with van der Waals surface area (Å²) in [6, 6.07) is 8.76. The fraction of sp³-hybridized carbons (Fsp3) is 0.200. The molecule has 20 heavy (non-hydrogen) atoms. The molecule has 0 aliphatic rings. The third-order valence-corrected chi connectivity index (χ3v) is 3.04. The second-order valence-electron chi connectivity index (χ2n) is 4.86. The maximum atomic E-state index is 9.76. The molecule has 0 aliphatic heterocycles. The summed E-state index contributed by atoms with van der Waals surface area (Å²) in [6.45, 7) is 4.16. The Morgan fingerprint density at radius 1 is 1.25 bits per heavy atom. The molecular weight excluding hydrogens is 254 g/mol. The quantitative estimate of drug-likeness (QED) is 0.792. The van der Waals surface area contributed by atoms with E-state index in [1.807, 2.05) is 6.07 Å². The number of phenols is 1. The maximum absolute atomic E-state index is 9.76. The lowest BCUT2D eigenvalue weighted by Crippen LogP contribution is -1.94. The van der Waals surface area contributed by atoms with Gasteiger partial charge in [-0.15, -0.1) is 0 Å². The van der Waals surface area contributed by atoms with Crippen molar-refractivity contribution in [2.24, 2.45) is 0 Å². The van der Waals surface area contributed by atoms with Gasteiger partial charge in [0.2, 0.25) is 5.88 Å².